The van der Waals surface area contributed by atoms with E-state index in [-0.39, 0.29) is 5.78 Å². The summed E-state index contributed by atoms with van der Waals surface area (Å²) in [6, 6.07) is 10.6. The van der Waals surface area contributed by atoms with Gasteiger partial charge >= 0.3 is 5.97 Å². The highest BCUT2D eigenvalue weighted by Crippen LogP contribution is 2.46. The number of nitrogens with zero attached hydrogens (tertiary/aromatic N) is 2. The Labute approximate surface area is 484 Å². The zero-order chi connectivity index (χ0) is 55.4. The molecule has 7 heteroatoms. The van der Waals surface area contributed by atoms with Gasteiger partial charge in [-0.3, -0.25) is 9.78 Å². The number of allylic oxidation sites excluding steroid dienone is 2. The number of pyridine rings is 2. The van der Waals surface area contributed by atoms with E-state index in [9.17, 15) is 14.7 Å². The van der Waals surface area contributed by atoms with Crippen molar-refractivity contribution in [1.29, 1.82) is 0 Å². The monoisotopic (exact) mass is 1090 g/mol. The van der Waals surface area contributed by atoms with Gasteiger partial charge in [-0.2, -0.15) is 0 Å². The number of fused-ring (bicyclic) bond motifs is 1. The minimum absolute atomic E-state index is 0.187. The maximum absolute atomic E-state index is 13.8. The fourth-order valence-electron chi connectivity index (χ4n) is 12.9. The minimum atomic E-state index is -0.905. The summed E-state index contributed by atoms with van der Waals surface area (Å²) in [5.41, 5.74) is 1.14. The van der Waals surface area contributed by atoms with Gasteiger partial charge in [0.25, 0.3) is 0 Å². The summed E-state index contributed by atoms with van der Waals surface area (Å²) in [5.74, 6) is 0.393. The first kappa shape index (κ1) is 66.1. The van der Waals surface area contributed by atoms with Gasteiger partial charge in [0.15, 0.2) is 5.78 Å². The molecule has 2 aliphatic rings. The number of carbonyl (C=O) groups excluding carboxylic acids is 1. The van der Waals surface area contributed by atoms with Crippen LogP contribution in [0.2, 0.25) is 0 Å². The van der Waals surface area contributed by atoms with E-state index >= 15 is 0 Å². The van der Waals surface area contributed by atoms with Gasteiger partial charge in [0, 0.05) is 36.8 Å². The maximum Gasteiger partial charge on any atom is 0.326 e. The van der Waals surface area contributed by atoms with E-state index in [1.807, 2.05) is 36.4 Å². The van der Waals surface area contributed by atoms with Gasteiger partial charge in [0.1, 0.15) is 11.8 Å². The van der Waals surface area contributed by atoms with Gasteiger partial charge in [0.05, 0.1) is 10.8 Å². The van der Waals surface area contributed by atoms with E-state index < -0.39 is 17.4 Å². The zero-order valence-corrected chi connectivity index (χ0v) is 50.7. The van der Waals surface area contributed by atoms with E-state index in [4.69, 9.17) is 4.74 Å². The molecule has 0 amide bonds. The highest BCUT2D eigenvalue weighted by Gasteiger charge is 2.48. The SMILES string of the molecule is O=C(O)[C@H](Cc1ccc(Oc2nccc3ccncc23)cc1)NC1=CC(=O)C12CCCCCCCCCCCCCCCCCCCCCCCCCCCCCCCCCCCCCCCCCCCCCCCCCCC2. The third kappa shape index (κ3) is 29.2. The van der Waals surface area contributed by atoms with Crippen molar-refractivity contribution in [2.24, 2.45) is 5.41 Å². The molecule has 2 N–H and O–H groups in total. The Morgan fingerprint density at radius 1 is 0.456 bits per heavy atom. The minimum Gasteiger partial charge on any atom is -0.480 e. The summed E-state index contributed by atoms with van der Waals surface area (Å²) in [5, 5.41) is 15.8. The molecule has 2 aliphatic carbocycles. The number of benzene rings is 1. The van der Waals surface area contributed by atoms with Gasteiger partial charge in [-0.05, 0) is 48.1 Å². The van der Waals surface area contributed by atoms with E-state index in [1.165, 1.54) is 289 Å². The standard InChI is InChI=1S/C72H117N3O4/c76-69-61-68(75-67(71(77)78)60-63-50-52-65(53-51-63)79-70-66-62-73-58-54-64(66)55-59-74-70)72(69)56-48-46-44-42-40-38-36-34-32-30-28-26-24-22-20-18-16-14-12-10-8-6-4-2-1-3-5-7-9-11-13-15-17-19-21-23-25-27-29-31-33-35-37-39-41-43-45-47-49-57-72/h50-55,58-59,61-62,67,75H,1-49,56-57,60H2,(H,77,78)/t67-/m0/s1. The summed E-state index contributed by atoms with van der Waals surface area (Å²) in [4.78, 5) is 35.3. The second-order valence-corrected chi connectivity index (χ2v) is 25.0. The molecule has 1 spiro atoms. The summed E-state index contributed by atoms with van der Waals surface area (Å²) in [6.07, 6.45) is 76.6. The van der Waals surface area contributed by atoms with Crippen molar-refractivity contribution in [1.82, 2.24) is 15.3 Å². The van der Waals surface area contributed by atoms with Crippen molar-refractivity contribution in [3.63, 3.8) is 0 Å². The van der Waals surface area contributed by atoms with Crippen molar-refractivity contribution in [2.45, 2.75) is 340 Å². The molecular weight excluding hydrogens is 971 g/mol. The molecule has 1 aromatic carbocycles. The van der Waals surface area contributed by atoms with Gasteiger partial charge in [0.2, 0.25) is 5.88 Å². The second kappa shape index (κ2) is 43.9. The molecule has 0 radical (unpaired) electrons. The predicted molar refractivity (Wildman–Crippen MR) is 335 cm³/mol. The zero-order valence-electron chi connectivity index (χ0n) is 50.7. The normalized spacial score (nSPS) is 21.4. The quantitative estimate of drug-likeness (QED) is 0.243. The lowest BCUT2D eigenvalue weighted by Gasteiger charge is -2.42. The smallest absolute Gasteiger partial charge is 0.326 e. The molecule has 1 atom stereocenters. The average Bonchev–Trinajstić information content (AvgIpc) is 3.61. The number of aliphatic carboxylic acids is 1. The molecule has 2 heterocycles. The van der Waals surface area contributed by atoms with Gasteiger partial charge in [-0.15, -0.1) is 0 Å². The number of rotatable bonds is 7. The highest BCUT2D eigenvalue weighted by molar-refractivity contribution is 6.05. The lowest BCUT2D eigenvalue weighted by molar-refractivity contribution is -0.140. The average molecular weight is 1090 g/mol. The van der Waals surface area contributed by atoms with Crippen molar-refractivity contribution in [3.05, 3.63) is 72.3 Å². The number of hydrogen-bond acceptors (Lipinski definition) is 6. The number of carboxylic acids is 1. The van der Waals surface area contributed by atoms with Crippen LogP contribution < -0.4 is 10.1 Å². The van der Waals surface area contributed by atoms with Crippen molar-refractivity contribution in [2.75, 3.05) is 0 Å². The molecule has 0 unspecified atom stereocenters. The van der Waals surface area contributed by atoms with Gasteiger partial charge < -0.3 is 15.2 Å². The maximum atomic E-state index is 13.8. The third-order valence-electron chi connectivity index (χ3n) is 18.2. The Kier molecular flexibility index (Phi) is 36.7. The molecule has 444 valence electrons. The molecule has 2 aromatic heterocycles. The number of ether oxygens (including phenoxy) is 1. The van der Waals surface area contributed by atoms with Crippen LogP contribution in [-0.2, 0) is 16.0 Å². The summed E-state index contributed by atoms with van der Waals surface area (Å²) in [6.45, 7) is 0. The molecule has 79 heavy (non-hydrogen) atoms. The lowest BCUT2D eigenvalue weighted by atomic mass is 9.64. The van der Waals surface area contributed by atoms with E-state index in [1.54, 1.807) is 24.7 Å². The summed E-state index contributed by atoms with van der Waals surface area (Å²) in [7, 11) is 0. The number of carbonyl (C=O) groups is 2. The number of aromatic nitrogens is 2. The Morgan fingerprint density at radius 3 is 1.09 bits per heavy atom. The van der Waals surface area contributed by atoms with Crippen LogP contribution in [0, 0.1) is 5.41 Å². The van der Waals surface area contributed by atoms with E-state index in [0.717, 1.165) is 60.6 Å². The van der Waals surface area contributed by atoms with Crippen molar-refractivity contribution < 1.29 is 19.4 Å². The molecule has 0 aliphatic heterocycles. The number of hydrogen-bond donors (Lipinski definition) is 2. The van der Waals surface area contributed by atoms with Crippen LogP contribution in [0.5, 0.6) is 11.6 Å². The molecule has 3 aromatic rings. The second-order valence-electron chi connectivity index (χ2n) is 25.0. The summed E-state index contributed by atoms with van der Waals surface area (Å²) < 4.78 is 6.14. The van der Waals surface area contributed by atoms with E-state index in [0.29, 0.717) is 18.1 Å². The molecule has 0 bridgehead atoms. The fraction of sp³-hybridized carbons (Fsp3) is 0.750. The van der Waals surface area contributed by atoms with Gasteiger partial charge in [-0.1, -0.05) is 327 Å². The molecule has 1 saturated carbocycles. The molecule has 0 saturated heterocycles. The molecular formula is C72H117N3O4. The predicted octanol–water partition coefficient (Wildman–Crippen LogP) is 22.4. The molecule has 7 nitrogen and oxygen atoms in total. The third-order valence-corrected chi connectivity index (χ3v) is 18.2. The largest absolute Gasteiger partial charge is 0.480 e. The lowest BCUT2D eigenvalue weighted by Crippen LogP contribution is -2.51. The Hall–Kier alpha value is -3.74. The van der Waals surface area contributed by atoms with Crippen molar-refractivity contribution in [3.8, 4) is 11.6 Å². The Balaban J connectivity index is 1.00. The first-order valence-electron chi connectivity index (χ1n) is 34.3. The number of nitrogens with one attached hydrogen (secondary N) is 1. The summed E-state index contributed by atoms with van der Waals surface area (Å²) >= 11 is 0. The first-order valence-corrected chi connectivity index (χ1v) is 34.3. The Bertz CT molecular complexity index is 1960. The van der Waals surface area contributed by atoms with Crippen LogP contribution in [0.4, 0.5) is 0 Å². The topological polar surface area (TPSA) is 101 Å². The number of ketones is 1. The van der Waals surface area contributed by atoms with Crippen LogP contribution in [0.3, 0.4) is 0 Å². The fourth-order valence-corrected chi connectivity index (χ4v) is 12.9. The van der Waals surface area contributed by atoms with Crippen LogP contribution >= 0.6 is 0 Å². The van der Waals surface area contributed by atoms with Crippen molar-refractivity contribution >= 4 is 22.5 Å². The highest BCUT2D eigenvalue weighted by atomic mass is 16.5. The van der Waals surface area contributed by atoms with Crippen LogP contribution in [0.15, 0.2) is 66.8 Å². The van der Waals surface area contributed by atoms with Crippen LogP contribution in [-0.4, -0.2) is 32.9 Å². The molecule has 1 fully saturated rings. The van der Waals surface area contributed by atoms with E-state index in [2.05, 4.69) is 15.3 Å². The van der Waals surface area contributed by atoms with Gasteiger partial charge in [-0.25, -0.2) is 9.78 Å². The Morgan fingerprint density at radius 2 is 0.772 bits per heavy atom. The van der Waals surface area contributed by atoms with Crippen LogP contribution in [0.1, 0.15) is 333 Å². The first-order chi connectivity index (χ1) is 39.0. The number of carboxylic acid groups (broad SMARTS) is 1. The molecule has 5 rings (SSSR count). The van der Waals surface area contributed by atoms with Crippen LogP contribution in [0.25, 0.3) is 10.8 Å².